The first-order valence-corrected chi connectivity index (χ1v) is 8.90. The summed E-state index contributed by atoms with van der Waals surface area (Å²) in [5.41, 5.74) is 1.79. The van der Waals surface area contributed by atoms with E-state index in [0.29, 0.717) is 12.1 Å². The number of rotatable bonds is 6. The van der Waals surface area contributed by atoms with E-state index >= 15 is 0 Å². The SMILES string of the molecule is CCc1ncc(C(=O)NCC2(c3ccc(OC)cc3)CCCC2)cn1. The van der Waals surface area contributed by atoms with Gasteiger partial charge in [-0.3, -0.25) is 4.79 Å². The molecular weight excluding hydrogens is 314 g/mol. The van der Waals surface area contributed by atoms with Crippen LogP contribution in [-0.4, -0.2) is 29.5 Å². The van der Waals surface area contributed by atoms with Gasteiger partial charge in [-0.15, -0.1) is 0 Å². The van der Waals surface area contributed by atoms with Crippen molar-refractivity contribution in [2.24, 2.45) is 0 Å². The summed E-state index contributed by atoms with van der Waals surface area (Å²) >= 11 is 0. The van der Waals surface area contributed by atoms with E-state index in [9.17, 15) is 4.79 Å². The Hall–Kier alpha value is -2.43. The molecule has 1 saturated carbocycles. The number of nitrogens with zero attached hydrogens (tertiary/aromatic N) is 2. The first-order chi connectivity index (χ1) is 12.2. The molecule has 0 aliphatic heterocycles. The number of methoxy groups -OCH3 is 1. The minimum absolute atomic E-state index is 0.00610. The molecule has 132 valence electrons. The topological polar surface area (TPSA) is 64.1 Å². The Balaban J connectivity index is 1.71. The van der Waals surface area contributed by atoms with Crippen LogP contribution < -0.4 is 10.1 Å². The summed E-state index contributed by atoms with van der Waals surface area (Å²) < 4.78 is 5.26. The van der Waals surface area contributed by atoms with Crippen molar-refractivity contribution < 1.29 is 9.53 Å². The fourth-order valence-electron chi connectivity index (χ4n) is 3.57. The molecule has 0 unspecified atom stereocenters. The van der Waals surface area contributed by atoms with Gasteiger partial charge in [-0.25, -0.2) is 9.97 Å². The number of carbonyl (C=O) groups is 1. The molecular formula is C20H25N3O2. The molecule has 0 saturated heterocycles. The number of aromatic nitrogens is 2. The van der Waals surface area contributed by atoms with Crippen LogP contribution in [0.25, 0.3) is 0 Å². The maximum absolute atomic E-state index is 12.5. The second kappa shape index (κ2) is 7.64. The van der Waals surface area contributed by atoms with Gasteiger partial charge in [-0.1, -0.05) is 31.9 Å². The number of benzene rings is 1. The fraction of sp³-hybridized carbons (Fsp3) is 0.450. The van der Waals surface area contributed by atoms with E-state index < -0.39 is 0 Å². The quantitative estimate of drug-likeness (QED) is 0.877. The summed E-state index contributed by atoms with van der Waals surface area (Å²) in [6, 6.07) is 8.23. The Morgan fingerprint density at radius 2 is 1.80 bits per heavy atom. The van der Waals surface area contributed by atoms with Crippen molar-refractivity contribution in [3.8, 4) is 5.75 Å². The van der Waals surface area contributed by atoms with Crippen LogP contribution in [0.4, 0.5) is 0 Å². The van der Waals surface area contributed by atoms with Crippen molar-refractivity contribution in [1.29, 1.82) is 0 Å². The highest BCUT2D eigenvalue weighted by Gasteiger charge is 2.36. The Morgan fingerprint density at radius 3 is 2.36 bits per heavy atom. The van der Waals surface area contributed by atoms with Gasteiger partial charge in [-0.2, -0.15) is 0 Å². The van der Waals surface area contributed by atoms with E-state index in [-0.39, 0.29) is 11.3 Å². The molecule has 0 radical (unpaired) electrons. The molecule has 5 heteroatoms. The maximum atomic E-state index is 12.5. The monoisotopic (exact) mass is 339 g/mol. The summed E-state index contributed by atoms with van der Waals surface area (Å²) in [5, 5.41) is 3.10. The van der Waals surface area contributed by atoms with E-state index in [1.165, 1.54) is 18.4 Å². The van der Waals surface area contributed by atoms with Crippen molar-refractivity contribution in [2.75, 3.05) is 13.7 Å². The number of carbonyl (C=O) groups excluding carboxylic acids is 1. The summed E-state index contributed by atoms with van der Waals surface area (Å²) in [6.45, 7) is 2.63. The predicted molar refractivity (Wildman–Crippen MR) is 96.9 cm³/mol. The molecule has 0 bridgehead atoms. The second-order valence-corrected chi connectivity index (χ2v) is 6.64. The lowest BCUT2D eigenvalue weighted by Crippen LogP contribution is -2.39. The van der Waals surface area contributed by atoms with Crippen LogP contribution in [0.2, 0.25) is 0 Å². The number of aryl methyl sites for hydroxylation is 1. The summed E-state index contributed by atoms with van der Waals surface area (Å²) in [6.07, 6.45) is 8.54. The van der Waals surface area contributed by atoms with Crippen LogP contribution in [0.15, 0.2) is 36.7 Å². The minimum Gasteiger partial charge on any atom is -0.497 e. The maximum Gasteiger partial charge on any atom is 0.254 e. The van der Waals surface area contributed by atoms with E-state index in [4.69, 9.17) is 4.74 Å². The number of ether oxygens (including phenoxy) is 1. The first-order valence-electron chi connectivity index (χ1n) is 8.90. The van der Waals surface area contributed by atoms with Gasteiger partial charge >= 0.3 is 0 Å². The lowest BCUT2D eigenvalue weighted by Gasteiger charge is -2.30. The van der Waals surface area contributed by atoms with Crippen LogP contribution in [-0.2, 0) is 11.8 Å². The van der Waals surface area contributed by atoms with E-state index in [0.717, 1.165) is 30.8 Å². The molecule has 2 aromatic rings. The average molecular weight is 339 g/mol. The van der Waals surface area contributed by atoms with Crippen molar-refractivity contribution in [1.82, 2.24) is 15.3 Å². The van der Waals surface area contributed by atoms with Gasteiger partial charge in [0.1, 0.15) is 11.6 Å². The summed E-state index contributed by atoms with van der Waals surface area (Å²) in [7, 11) is 1.67. The summed E-state index contributed by atoms with van der Waals surface area (Å²) in [5.74, 6) is 1.50. The standard InChI is InChI=1S/C20H25N3O2/c1-3-18-21-12-15(13-22-18)19(24)23-14-20(10-4-5-11-20)16-6-8-17(25-2)9-7-16/h6-9,12-13H,3-5,10-11,14H2,1-2H3,(H,23,24). The highest BCUT2D eigenvalue weighted by Crippen LogP contribution is 2.41. The fourth-order valence-corrected chi connectivity index (χ4v) is 3.57. The van der Waals surface area contributed by atoms with Crippen LogP contribution in [0, 0.1) is 0 Å². The first kappa shape index (κ1) is 17.4. The number of amides is 1. The molecule has 0 spiro atoms. The van der Waals surface area contributed by atoms with Crippen LogP contribution >= 0.6 is 0 Å². The second-order valence-electron chi connectivity index (χ2n) is 6.64. The number of hydrogen-bond donors (Lipinski definition) is 1. The molecule has 3 rings (SSSR count). The number of nitrogens with one attached hydrogen (secondary N) is 1. The molecule has 1 aliphatic rings. The normalized spacial score (nSPS) is 15.8. The molecule has 0 atom stereocenters. The van der Waals surface area contributed by atoms with Crippen molar-refractivity contribution >= 4 is 5.91 Å². The summed E-state index contributed by atoms with van der Waals surface area (Å²) in [4.78, 5) is 20.9. The Bertz CT molecular complexity index is 705. The average Bonchev–Trinajstić information content (AvgIpc) is 3.16. The molecule has 1 fully saturated rings. The van der Waals surface area contributed by atoms with E-state index in [2.05, 4.69) is 27.4 Å². The Kier molecular flexibility index (Phi) is 5.31. The highest BCUT2D eigenvalue weighted by molar-refractivity contribution is 5.93. The van der Waals surface area contributed by atoms with Crippen LogP contribution in [0.1, 0.15) is 54.4 Å². The third-order valence-corrected chi connectivity index (χ3v) is 5.13. The lowest BCUT2D eigenvalue weighted by molar-refractivity contribution is 0.0942. The molecule has 5 nitrogen and oxygen atoms in total. The zero-order chi connectivity index (χ0) is 17.7. The molecule has 1 heterocycles. The van der Waals surface area contributed by atoms with Crippen molar-refractivity contribution in [3.05, 3.63) is 53.6 Å². The van der Waals surface area contributed by atoms with Crippen LogP contribution in [0.3, 0.4) is 0 Å². The van der Waals surface area contributed by atoms with Crippen LogP contribution in [0.5, 0.6) is 5.75 Å². The van der Waals surface area contributed by atoms with Gasteiger partial charge in [0.2, 0.25) is 0 Å². The Labute approximate surface area is 148 Å². The number of hydrogen-bond acceptors (Lipinski definition) is 4. The van der Waals surface area contributed by atoms with Gasteiger partial charge < -0.3 is 10.1 Å². The molecule has 25 heavy (non-hydrogen) atoms. The lowest BCUT2D eigenvalue weighted by atomic mass is 9.78. The van der Waals surface area contributed by atoms with E-state index in [1.54, 1.807) is 19.5 Å². The predicted octanol–water partition coefficient (Wildman–Crippen LogP) is 3.29. The van der Waals surface area contributed by atoms with Gasteiger partial charge in [-0.05, 0) is 30.5 Å². The van der Waals surface area contributed by atoms with Gasteiger partial charge in [0, 0.05) is 30.8 Å². The zero-order valence-electron chi connectivity index (χ0n) is 14.9. The highest BCUT2D eigenvalue weighted by atomic mass is 16.5. The third-order valence-electron chi connectivity index (χ3n) is 5.13. The van der Waals surface area contributed by atoms with Gasteiger partial charge in [0.05, 0.1) is 12.7 Å². The molecule has 1 amide bonds. The minimum atomic E-state index is -0.109. The Morgan fingerprint density at radius 1 is 1.16 bits per heavy atom. The van der Waals surface area contributed by atoms with Crippen molar-refractivity contribution in [3.63, 3.8) is 0 Å². The molecule has 1 aromatic heterocycles. The third kappa shape index (κ3) is 3.81. The van der Waals surface area contributed by atoms with Gasteiger partial charge in [0.25, 0.3) is 5.91 Å². The van der Waals surface area contributed by atoms with Crippen molar-refractivity contribution in [2.45, 2.75) is 44.4 Å². The molecule has 1 N–H and O–H groups in total. The molecule has 1 aliphatic carbocycles. The smallest absolute Gasteiger partial charge is 0.254 e. The van der Waals surface area contributed by atoms with E-state index in [1.807, 2.05) is 19.1 Å². The molecule has 1 aromatic carbocycles. The van der Waals surface area contributed by atoms with Gasteiger partial charge in [0.15, 0.2) is 0 Å². The largest absolute Gasteiger partial charge is 0.497 e. The zero-order valence-corrected chi connectivity index (χ0v) is 14.9.